The summed E-state index contributed by atoms with van der Waals surface area (Å²) >= 11 is 7.31. The predicted molar refractivity (Wildman–Crippen MR) is 87.1 cm³/mol. The normalized spacial score (nSPS) is 11.7. The Labute approximate surface area is 137 Å². The second-order valence-corrected chi connectivity index (χ2v) is 8.23. The topological polar surface area (TPSA) is 79.4 Å². The van der Waals surface area contributed by atoms with Gasteiger partial charge in [0.25, 0.3) is 5.91 Å². The van der Waals surface area contributed by atoms with Crippen LogP contribution in [-0.4, -0.2) is 37.7 Å². The van der Waals surface area contributed by atoms with Crippen LogP contribution in [-0.2, 0) is 10.0 Å². The highest BCUT2D eigenvalue weighted by Gasteiger charge is 2.21. The Morgan fingerprint density at radius 2 is 2.05 bits per heavy atom. The number of aryl methyl sites for hydroxylation is 1. The summed E-state index contributed by atoms with van der Waals surface area (Å²) in [7, 11) is -0.867. The summed E-state index contributed by atoms with van der Waals surface area (Å²) < 4.78 is 25.4. The fourth-order valence-corrected chi connectivity index (χ4v) is 3.63. The van der Waals surface area contributed by atoms with Gasteiger partial charge >= 0.3 is 0 Å². The van der Waals surface area contributed by atoms with E-state index in [0.29, 0.717) is 5.69 Å². The van der Waals surface area contributed by atoms with Crippen LogP contribution in [0.5, 0.6) is 0 Å². The monoisotopic (exact) mass is 359 g/mol. The van der Waals surface area contributed by atoms with Crippen molar-refractivity contribution in [3.8, 4) is 0 Å². The number of benzene rings is 1. The summed E-state index contributed by atoms with van der Waals surface area (Å²) in [6.45, 7) is 1.80. The van der Waals surface area contributed by atoms with Crippen molar-refractivity contribution in [1.29, 1.82) is 0 Å². The molecule has 9 heteroatoms. The van der Waals surface area contributed by atoms with Crippen LogP contribution in [0, 0.1) is 6.92 Å². The SMILES string of the molecule is Cc1nc(C(=O)Nc2ccc(Cl)c(S(=O)(=O)N(C)C)c2)cs1. The Morgan fingerprint density at radius 3 is 2.59 bits per heavy atom. The van der Waals surface area contributed by atoms with Crippen molar-refractivity contribution in [2.24, 2.45) is 0 Å². The maximum Gasteiger partial charge on any atom is 0.275 e. The molecule has 1 aromatic heterocycles. The summed E-state index contributed by atoms with van der Waals surface area (Å²) in [6, 6.07) is 4.29. The second kappa shape index (κ2) is 6.33. The van der Waals surface area contributed by atoms with E-state index in [4.69, 9.17) is 11.6 Å². The maximum absolute atomic E-state index is 12.2. The van der Waals surface area contributed by atoms with Crippen LogP contribution in [0.15, 0.2) is 28.5 Å². The number of halogens is 1. The molecule has 118 valence electrons. The number of aromatic nitrogens is 1. The number of rotatable bonds is 4. The van der Waals surface area contributed by atoms with Gasteiger partial charge < -0.3 is 5.32 Å². The van der Waals surface area contributed by atoms with E-state index >= 15 is 0 Å². The molecule has 22 heavy (non-hydrogen) atoms. The molecule has 2 aromatic rings. The Hall–Kier alpha value is -1.48. The number of thiazole rings is 1. The van der Waals surface area contributed by atoms with E-state index in [9.17, 15) is 13.2 Å². The lowest BCUT2D eigenvalue weighted by atomic mass is 10.3. The fourth-order valence-electron chi connectivity index (χ4n) is 1.64. The van der Waals surface area contributed by atoms with E-state index in [-0.39, 0.29) is 15.6 Å². The van der Waals surface area contributed by atoms with Crippen molar-refractivity contribution in [2.45, 2.75) is 11.8 Å². The maximum atomic E-state index is 12.2. The third-order valence-electron chi connectivity index (χ3n) is 2.80. The quantitative estimate of drug-likeness (QED) is 0.910. The predicted octanol–water partition coefficient (Wildman–Crippen LogP) is 2.61. The zero-order chi connectivity index (χ0) is 16.5. The van der Waals surface area contributed by atoms with Crippen molar-refractivity contribution in [3.05, 3.63) is 39.3 Å². The van der Waals surface area contributed by atoms with Crippen molar-refractivity contribution < 1.29 is 13.2 Å². The fraction of sp³-hybridized carbons (Fsp3) is 0.231. The van der Waals surface area contributed by atoms with Crippen molar-refractivity contribution in [2.75, 3.05) is 19.4 Å². The van der Waals surface area contributed by atoms with E-state index in [2.05, 4.69) is 10.3 Å². The molecular formula is C13H14ClN3O3S2. The van der Waals surface area contributed by atoms with Crippen molar-refractivity contribution in [1.82, 2.24) is 9.29 Å². The minimum absolute atomic E-state index is 0.0635. The molecule has 0 bridgehead atoms. The van der Waals surface area contributed by atoms with Gasteiger partial charge in [-0.1, -0.05) is 11.6 Å². The number of sulfonamides is 1. The van der Waals surface area contributed by atoms with Crippen LogP contribution in [0.4, 0.5) is 5.69 Å². The number of nitrogens with zero attached hydrogens (tertiary/aromatic N) is 2. The van der Waals surface area contributed by atoms with Gasteiger partial charge in [-0.25, -0.2) is 17.7 Å². The number of hydrogen-bond acceptors (Lipinski definition) is 5. The van der Waals surface area contributed by atoms with Gasteiger partial charge in [0.05, 0.1) is 10.0 Å². The Morgan fingerprint density at radius 1 is 1.36 bits per heavy atom. The van der Waals surface area contributed by atoms with Crippen LogP contribution < -0.4 is 5.32 Å². The minimum Gasteiger partial charge on any atom is -0.321 e. The summed E-state index contributed by atoms with van der Waals surface area (Å²) in [6.07, 6.45) is 0. The summed E-state index contributed by atoms with van der Waals surface area (Å²) in [5, 5.41) is 5.12. The summed E-state index contributed by atoms with van der Waals surface area (Å²) in [5.41, 5.74) is 0.620. The van der Waals surface area contributed by atoms with Crippen LogP contribution >= 0.6 is 22.9 Å². The first-order chi connectivity index (χ1) is 10.2. The van der Waals surface area contributed by atoms with Gasteiger partial charge in [0.2, 0.25) is 10.0 Å². The molecule has 1 heterocycles. The van der Waals surface area contributed by atoms with Gasteiger partial charge in [-0.3, -0.25) is 4.79 Å². The Kier molecular flexibility index (Phi) is 4.86. The third-order valence-corrected chi connectivity index (χ3v) is 5.87. The van der Waals surface area contributed by atoms with Crippen molar-refractivity contribution >= 4 is 44.6 Å². The zero-order valence-corrected chi connectivity index (χ0v) is 14.5. The van der Waals surface area contributed by atoms with Gasteiger partial charge in [-0.2, -0.15) is 0 Å². The molecule has 0 aliphatic carbocycles. The van der Waals surface area contributed by atoms with E-state index in [0.717, 1.165) is 9.31 Å². The lowest BCUT2D eigenvalue weighted by molar-refractivity contribution is 0.102. The molecule has 2 rings (SSSR count). The first-order valence-corrected chi connectivity index (χ1v) is 8.87. The van der Waals surface area contributed by atoms with Gasteiger partial charge in [-0.15, -0.1) is 11.3 Å². The van der Waals surface area contributed by atoms with E-state index < -0.39 is 15.9 Å². The van der Waals surface area contributed by atoms with E-state index in [1.165, 1.54) is 43.6 Å². The molecule has 6 nitrogen and oxygen atoms in total. The lowest BCUT2D eigenvalue weighted by Crippen LogP contribution is -2.23. The highest BCUT2D eigenvalue weighted by molar-refractivity contribution is 7.89. The Bertz CT molecular complexity index is 816. The number of carbonyl (C=O) groups is 1. The molecular weight excluding hydrogens is 346 g/mol. The molecule has 0 aliphatic rings. The van der Waals surface area contributed by atoms with Crippen LogP contribution in [0.1, 0.15) is 15.5 Å². The molecule has 0 fully saturated rings. The standard InChI is InChI=1S/C13H14ClN3O3S2/c1-8-15-11(7-21-8)13(18)16-9-4-5-10(14)12(6-9)22(19,20)17(2)3/h4-7H,1-3H3,(H,16,18). The molecule has 1 N–H and O–H groups in total. The molecule has 1 aromatic carbocycles. The molecule has 0 unspecified atom stereocenters. The van der Waals surface area contributed by atoms with Gasteiger partial charge in [0.15, 0.2) is 0 Å². The van der Waals surface area contributed by atoms with E-state index in [1.54, 1.807) is 12.3 Å². The van der Waals surface area contributed by atoms with E-state index in [1.807, 2.05) is 0 Å². The molecule has 0 atom stereocenters. The zero-order valence-electron chi connectivity index (χ0n) is 12.1. The number of carbonyl (C=O) groups excluding carboxylic acids is 1. The first kappa shape index (κ1) is 16.9. The lowest BCUT2D eigenvalue weighted by Gasteiger charge is -2.14. The molecule has 0 saturated carbocycles. The minimum atomic E-state index is -3.69. The largest absolute Gasteiger partial charge is 0.321 e. The average Bonchev–Trinajstić information content (AvgIpc) is 2.87. The second-order valence-electron chi connectivity index (χ2n) is 4.64. The molecule has 0 spiro atoms. The average molecular weight is 360 g/mol. The van der Waals surface area contributed by atoms with Crippen LogP contribution in [0.3, 0.4) is 0 Å². The number of anilines is 1. The van der Waals surface area contributed by atoms with Crippen LogP contribution in [0.2, 0.25) is 5.02 Å². The van der Waals surface area contributed by atoms with Crippen LogP contribution in [0.25, 0.3) is 0 Å². The van der Waals surface area contributed by atoms with Gasteiger partial charge in [-0.05, 0) is 25.1 Å². The van der Waals surface area contributed by atoms with Gasteiger partial charge in [0, 0.05) is 25.2 Å². The number of nitrogens with one attached hydrogen (secondary N) is 1. The number of hydrogen-bond donors (Lipinski definition) is 1. The summed E-state index contributed by atoms with van der Waals surface area (Å²) in [5.74, 6) is -0.403. The molecule has 0 saturated heterocycles. The molecule has 1 amide bonds. The highest BCUT2D eigenvalue weighted by Crippen LogP contribution is 2.27. The number of amides is 1. The smallest absolute Gasteiger partial charge is 0.275 e. The van der Waals surface area contributed by atoms with Gasteiger partial charge in [0.1, 0.15) is 10.6 Å². The first-order valence-electron chi connectivity index (χ1n) is 6.17. The molecule has 0 radical (unpaired) electrons. The highest BCUT2D eigenvalue weighted by atomic mass is 35.5. The summed E-state index contributed by atoms with van der Waals surface area (Å²) in [4.78, 5) is 16.1. The molecule has 0 aliphatic heterocycles. The van der Waals surface area contributed by atoms with Crippen molar-refractivity contribution in [3.63, 3.8) is 0 Å². The Balaban J connectivity index is 2.32. The third kappa shape index (κ3) is 3.46.